The van der Waals surface area contributed by atoms with Crippen LogP contribution in [0.5, 0.6) is 0 Å². The molecule has 10 nitrogen and oxygen atoms in total. The maximum Gasteiger partial charge on any atom is 0.306 e. The van der Waals surface area contributed by atoms with Crippen molar-refractivity contribution in [3.63, 3.8) is 0 Å². The van der Waals surface area contributed by atoms with Crippen LogP contribution in [0.25, 0.3) is 0 Å². The Balaban J connectivity index is 4.17. The van der Waals surface area contributed by atoms with E-state index in [0.29, 0.717) is 17.6 Å². The van der Waals surface area contributed by atoms with Gasteiger partial charge >= 0.3 is 11.9 Å². The maximum absolute atomic E-state index is 12.1. The lowest BCUT2D eigenvalue weighted by molar-refractivity contribution is -0.870. The van der Waals surface area contributed by atoms with E-state index in [-0.39, 0.29) is 32.5 Å². The molecular weight excluding hydrogens is 537 g/mol. The topological polar surface area (TPSA) is 131 Å². The van der Waals surface area contributed by atoms with E-state index >= 15 is 0 Å². The quantitative estimate of drug-likeness (QED) is 0.0489. The minimum Gasteiger partial charge on any atom is -0.756 e. The molecule has 0 rings (SSSR count). The minimum absolute atomic E-state index is 0.0119. The molecule has 0 radical (unpaired) electrons. The lowest BCUT2D eigenvalue weighted by Gasteiger charge is -2.28. The highest BCUT2D eigenvalue weighted by atomic mass is 31.2. The Morgan fingerprint density at radius 1 is 0.750 bits per heavy atom. The Hall–Kier alpha value is -1.03. The molecular formula is C29H58NO9P. The molecule has 0 aliphatic carbocycles. The summed E-state index contributed by atoms with van der Waals surface area (Å²) in [5.41, 5.74) is 0. The smallest absolute Gasteiger partial charge is 0.306 e. The van der Waals surface area contributed by atoms with Crippen molar-refractivity contribution in [1.82, 2.24) is 0 Å². The van der Waals surface area contributed by atoms with Gasteiger partial charge in [-0.1, -0.05) is 90.4 Å². The molecule has 0 aromatic carbocycles. The molecule has 0 saturated carbocycles. The zero-order valence-electron chi connectivity index (χ0n) is 25.7. The molecule has 0 aromatic heterocycles. The second kappa shape index (κ2) is 24.6. The first kappa shape index (κ1) is 39.0. The highest BCUT2D eigenvalue weighted by Gasteiger charge is 2.20. The fraction of sp³-hybridized carbons (Fsp3) is 0.931. The molecule has 1 unspecified atom stereocenters. The minimum atomic E-state index is -4.57. The Morgan fingerprint density at radius 2 is 1.27 bits per heavy atom. The van der Waals surface area contributed by atoms with E-state index in [1.54, 1.807) is 0 Å². The summed E-state index contributed by atoms with van der Waals surface area (Å²) in [5, 5.41) is 8.74. The van der Waals surface area contributed by atoms with Gasteiger partial charge in [-0.3, -0.25) is 14.2 Å². The first-order chi connectivity index (χ1) is 18.9. The summed E-state index contributed by atoms with van der Waals surface area (Å²) in [7, 11) is 1.16. The summed E-state index contributed by atoms with van der Waals surface area (Å²) in [6.07, 6.45) is 16.6. The van der Waals surface area contributed by atoms with Crippen LogP contribution in [0, 0.1) is 0 Å². The number of aliphatic carboxylic acids is 1. The lowest BCUT2D eigenvalue weighted by Crippen LogP contribution is -2.37. The number of nitrogens with zero attached hydrogens (tertiary/aromatic N) is 1. The summed E-state index contributed by atoms with van der Waals surface area (Å²) in [5.74, 6) is -1.62. The number of carbonyl (C=O) groups excluding carboxylic acids is 1. The van der Waals surface area contributed by atoms with Gasteiger partial charge in [0.15, 0.2) is 0 Å². The third-order valence-corrected chi connectivity index (χ3v) is 7.41. The second-order valence-electron chi connectivity index (χ2n) is 11.6. The van der Waals surface area contributed by atoms with Gasteiger partial charge in [-0.15, -0.1) is 0 Å². The van der Waals surface area contributed by atoms with Crippen molar-refractivity contribution in [2.24, 2.45) is 0 Å². The molecule has 0 aliphatic heterocycles. The molecule has 0 aliphatic rings. The number of quaternary nitrogens is 1. The van der Waals surface area contributed by atoms with Gasteiger partial charge < -0.3 is 33.0 Å². The fourth-order valence-electron chi connectivity index (χ4n) is 4.00. The fourth-order valence-corrected chi connectivity index (χ4v) is 4.73. The number of ether oxygens (including phenoxy) is 2. The summed E-state index contributed by atoms with van der Waals surface area (Å²) < 4.78 is 33.5. The van der Waals surface area contributed by atoms with E-state index in [0.717, 1.165) is 19.3 Å². The zero-order chi connectivity index (χ0) is 30.1. The highest BCUT2D eigenvalue weighted by Crippen LogP contribution is 2.38. The molecule has 0 aromatic rings. The number of hydrogen-bond acceptors (Lipinski definition) is 8. The number of unbranched alkanes of at least 4 members (excludes halogenated alkanes) is 13. The van der Waals surface area contributed by atoms with Crippen LogP contribution in [-0.2, 0) is 32.7 Å². The number of likely N-dealkylation sites (N-methyl/N-ethyl adjacent to an activating group) is 1. The van der Waals surface area contributed by atoms with Crippen molar-refractivity contribution in [3.8, 4) is 0 Å². The van der Waals surface area contributed by atoms with Crippen LogP contribution in [0.2, 0.25) is 0 Å². The number of carboxylic acid groups (broad SMARTS) is 1. The normalized spacial score (nSPS) is 14.1. The number of carbonyl (C=O) groups is 2. The van der Waals surface area contributed by atoms with Crippen LogP contribution in [-0.4, -0.2) is 81.7 Å². The van der Waals surface area contributed by atoms with Crippen molar-refractivity contribution in [2.75, 3.05) is 54.1 Å². The highest BCUT2D eigenvalue weighted by molar-refractivity contribution is 7.45. The van der Waals surface area contributed by atoms with Crippen LogP contribution in [0.1, 0.15) is 116 Å². The van der Waals surface area contributed by atoms with Gasteiger partial charge in [0.2, 0.25) is 0 Å². The van der Waals surface area contributed by atoms with E-state index in [2.05, 4.69) is 6.92 Å². The van der Waals surface area contributed by atoms with E-state index in [9.17, 15) is 19.0 Å². The summed E-state index contributed by atoms with van der Waals surface area (Å²) >= 11 is 0. The number of esters is 1. The van der Waals surface area contributed by atoms with Crippen molar-refractivity contribution < 1.29 is 47.2 Å². The van der Waals surface area contributed by atoms with E-state index in [1.165, 1.54) is 70.6 Å². The molecule has 40 heavy (non-hydrogen) atoms. The maximum atomic E-state index is 12.1. The van der Waals surface area contributed by atoms with Crippen molar-refractivity contribution >= 4 is 19.8 Å². The average Bonchev–Trinajstić information content (AvgIpc) is 2.85. The van der Waals surface area contributed by atoms with Gasteiger partial charge in [0, 0.05) is 19.4 Å². The van der Waals surface area contributed by atoms with Crippen molar-refractivity contribution in [1.29, 1.82) is 0 Å². The van der Waals surface area contributed by atoms with Gasteiger partial charge in [-0.05, 0) is 12.8 Å². The number of phosphoric acid groups is 1. The summed E-state index contributed by atoms with van der Waals surface area (Å²) in [6, 6.07) is 0. The first-order valence-electron chi connectivity index (χ1n) is 15.3. The van der Waals surface area contributed by atoms with Crippen LogP contribution in [0.15, 0.2) is 0 Å². The Kier molecular flexibility index (Phi) is 23.9. The molecule has 2 atom stereocenters. The molecule has 0 amide bonds. The van der Waals surface area contributed by atoms with Crippen LogP contribution < -0.4 is 4.89 Å². The summed E-state index contributed by atoms with van der Waals surface area (Å²) in [4.78, 5) is 34.9. The Labute approximate surface area is 243 Å². The molecule has 238 valence electrons. The molecule has 1 N–H and O–H groups in total. The summed E-state index contributed by atoms with van der Waals surface area (Å²) in [6.45, 7) is 2.73. The molecule has 0 heterocycles. The predicted octanol–water partition coefficient (Wildman–Crippen LogP) is 5.86. The van der Waals surface area contributed by atoms with Gasteiger partial charge in [-0.25, -0.2) is 0 Å². The van der Waals surface area contributed by atoms with Crippen LogP contribution in [0.4, 0.5) is 0 Å². The third kappa shape index (κ3) is 28.5. The monoisotopic (exact) mass is 595 g/mol. The molecule has 0 spiro atoms. The number of phosphoric ester groups is 1. The Morgan fingerprint density at radius 3 is 1.77 bits per heavy atom. The lowest BCUT2D eigenvalue weighted by atomic mass is 10.0. The number of rotatable bonds is 29. The molecule has 11 heteroatoms. The van der Waals surface area contributed by atoms with Gasteiger partial charge in [0.05, 0.1) is 34.4 Å². The van der Waals surface area contributed by atoms with Crippen molar-refractivity contribution in [3.05, 3.63) is 0 Å². The van der Waals surface area contributed by atoms with E-state index in [1.807, 2.05) is 21.1 Å². The van der Waals surface area contributed by atoms with Gasteiger partial charge in [-0.2, -0.15) is 0 Å². The Bertz CT molecular complexity index is 685. The molecule has 0 saturated heterocycles. The standard InChI is InChI=1S/C29H58NO9P/c1-5-6-7-8-9-10-11-12-13-14-15-16-17-18-23-36-25-27(39-29(33)21-19-20-28(31)32)26-38-40(34,35)37-24-22-30(2,3)4/h27H,5-26H2,1-4H3,(H-,31,32,34,35)/t27-/m1/s1. The largest absolute Gasteiger partial charge is 0.756 e. The SMILES string of the molecule is CCCCCCCCCCCCCCCCOC[C@H](COP(=O)([O-])OCC[N+](C)(C)C)OC(=O)CCCC(=O)O. The predicted molar refractivity (Wildman–Crippen MR) is 155 cm³/mol. The van der Waals surface area contributed by atoms with E-state index < -0.39 is 32.5 Å². The van der Waals surface area contributed by atoms with Gasteiger partial charge in [0.25, 0.3) is 7.82 Å². The molecule has 0 fully saturated rings. The molecule has 0 bridgehead atoms. The number of hydrogen-bond donors (Lipinski definition) is 1. The van der Waals surface area contributed by atoms with Crippen LogP contribution >= 0.6 is 7.82 Å². The van der Waals surface area contributed by atoms with Gasteiger partial charge in [0.1, 0.15) is 19.3 Å². The van der Waals surface area contributed by atoms with E-state index in [4.69, 9.17) is 23.6 Å². The van der Waals surface area contributed by atoms with Crippen molar-refractivity contribution in [2.45, 2.75) is 122 Å². The first-order valence-corrected chi connectivity index (χ1v) is 16.8. The number of carboxylic acids is 1. The third-order valence-electron chi connectivity index (χ3n) is 6.45. The zero-order valence-corrected chi connectivity index (χ0v) is 26.6. The average molecular weight is 596 g/mol. The second-order valence-corrected chi connectivity index (χ2v) is 13.0. The van der Waals surface area contributed by atoms with Crippen LogP contribution in [0.3, 0.4) is 0 Å².